The SMILES string of the molecule is CC[N+](CC)(CC)CCSC(=O)N(C)C. The van der Waals surface area contributed by atoms with Crippen molar-refractivity contribution in [2.24, 2.45) is 0 Å². The van der Waals surface area contributed by atoms with Gasteiger partial charge in [-0.2, -0.15) is 0 Å². The molecule has 0 aromatic carbocycles. The van der Waals surface area contributed by atoms with Crippen LogP contribution in [-0.2, 0) is 0 Å². The molecular formula is C11H25N2OS+. The van der Waals surface area contributed by atoms with Crippen LogP contribution in [0.25, 0.3) is 0 Å². The Kier molecular flexibility index (Phi) is 7.02. The summed E-state index contributed by atoms with van der Waals surface area (Å²) in [5.74, 6) is 0.923. The number of carbonyl (C=O) groups is 1. The van der Waals surface area contributed by atoms with Gasteiger partial charge in [-0.05, 0) is 20.8 Å². The molecule has 0 rings (SSSR count). The maximum absolute atomic E-state index is 11.4. The molecule has 0 bridgehead atoms. The maximum atomic E-state index is 11.4. The van der Waals surface area contributed by atoms with Gasteiger partial charge in [0.2, 0.25) is 0 Å². The van der Waals surface area contributed by atoms with Crippen LogP contribution in [0.4, 0.5) is 4.79 Å². The predicted octanol–water partition coefficient (Wildman–Crippen LogP) is 2.28. The van der Waals surface area contributed by atoms with Crippen molar-refractivity contribution < 1.29 is 9.28 Å². The molecule has 1 amide bonds. The van der Waals surface area contributed by atoms with Gasteiger partial charge in [0.05, 0.1) is 31.9 Å². The molecule has 0 spiro atoms. The normalized spacial score (nSPS) is 11.5. The summed E-state index contributed by atoms with van der Waals surface area (Å²) in [6.45, 7) is 11.2. The third-order valence-corrected chi connectivity index (χ3v) is 4.17. The van der Waals surface area contributed by atoms with Crippen LogP contribution in [0.5, 0.6) is 0 Å². The molecule has 0 aliphatic rings. The number of nitrogens with zero attached hydrogens (tertiary/aromatic N) is 2. The van der Waals surface area contributed by atoms with Crippen LogP contribution in [0.3, 0.4) is 0 Å². The molecular weight excluding hydrogens is 208 g/mol. The summed E-state index contributed by atoms with van der Waals surface area (Å²) in [7, 11) is 3.60. The summed E-state index contributed by atoms with van der Waals surface area (Å²) in [6, 6.07) is 0. The largest absolute Gasteiger partial charge is 0.340 e. The number of carbonyl (C=O) groups excluding carboxylic acids is 1. The lowest BCUT2D eigenvalue weighted by atomic mass is 10.3. The van der Waals surface area contributed by atoms with Gasteiger partial charge in [0, 0.05) is 14.1 Å². The Morgan fingerprint density at radius 1 is 1.13 bits per heavy atom. The zero-order chi connectivity index (χ0) is 11.9. The molecule has 4 heteroatoms. The monoisotopic (exact) mass is 233 g/mol. The highest BCUT2D eigenvalue weighted by Crippen LogP contribution is 2.11. The summed E-state index contributed by atoms with van der Waals surface area (Å²) in [5, 5.41) is 0.163. The van der Waals surface area contributed by atoms with Gasteiger partial charge in [-0.15, -0.1) is 0 Å². The van der Waals surface area contributed by atoms with E-state index in [-0.39, 0.29) is 5.24 Å². The molecule has 3 nitrogen and oxygen atoms in total. The van der Waals surface area contributed by atoms with E-state index in [9.17, 15) is 4.79 Å². The summed E-state index contributed by atoms with van der Waals surface area (Å²) in [4.78, 5) is 13.0. The van der Waals surface area contributed by atoms with Crippen LogP contribution in [0.15, 0.2) is 0 Å². The van der Waals surface area contributed by atoms with E-state index in [0.29, 0.717) is 0 Å². The smallest absolute Gasteiger partial charge is 0.281 e. The molecule has 0 heterocycles. The van der Waals surface area contributed by atoms with E-state index >= 15 is 0 Å². The summed E-state index contributed by atoms with van der Waals surface area (Å²) >= 11 is 1.43. The molecule has 0 aliphatic carbocycles. The van der Waals surface area contributed by atoms with Crippen molar-refractivity contribution in [3.05, 3.63) is 0 Å². The quantitative estimate of drug-likeness (QED) is 0.656. The fourth-order valence-corrected chi connectivity index (χ4v) is 2.51. The first-order valence-corrected chi connectivity index (χ1v) is 6.69. The second-order valence-corrected chi connectivity index (χ2v) is 5.07. The van der Waals surface area contributed by atoms with Crippen LogP contribution in [0.1, 0.15) is 20.8 Å². The van der Waals surface area contributed by atoms with E-state index in [1.54, 1.807) is 19.0 Å². The molecule has 90 valence electrons. The third-order valence-electron chi connectivity index (χ3n) is 3.17. The number of quaternary nitrogens is 1. The molecule has 0 aliphatic heterocycles. The van der Waals surface area contributed by atoms with Crippen molar-refractivity contribution in [2.45, 2.75) is 20.8 Å². The van der Waals surface area contributed by atoms with Gasteiger partial charge in [0.25, 0.3) is 5.24 Å². The first-order valence-electron chi connectivity index (χ1n) is 5.70. The van der Waals surface area contributed by atoms with Crippen molar-refractivity contribution in [1.82, 2.24) is 4.90 Å². The van der Waals surface area contributed by atoms with Crippen LogP contribution in [-0.4, -0.2) is 60.6 Å². The average molecular weight is 233 g/mol. The Labute approximate surface area is 98.4 Å². The topological polar surface area (TPSA) is 20.3 Å². The fourth-order valence-electron chi connectivity index (χ4n) is 1.60. The number of hydrogen-bond donors (Lipinski definition) is 0. The van der Waals surface area contributed by atoms with Crippen molar-refractivity contribution in [3.8, 4) is 0 Å². The standard InChI is InChI=1S/C11H25N2OS/c1-6-13(7-2,8-3)9-10-15-11(14)12(4)5/h6-10H2,1-5H3/q+1. The van der Waals surface area contributed by atoms with Crippen LogP contribution >= 0.6 is 11.8 Å². The van der Waals surface area contributed by atoms with Crippen molar-refractivity contribution >= 4 is 17.0 Å². The highest BCUT2D eigenvalue weighted by atomic mass is 32.2. The Hall–Kier alpha value is -0.220. The Bertz CT molecular complexity index is 183. The molecule has 0 atom stereocenters. The van der Waals surface area contributed by atoms with Gasteiger partial charge >= 0.3 is 0 Å². The zero-order valence-corrected chi connectivity index (χ0v) is 11.6. The van der Waals surface area contributed by atoms with E-state index < -0.39 is 0 Å². The van der Waals surface area contributed by atoms with Gasteiger partial charge in [-0.1, -0.05) is 11.8 Å². The third kappa shape index (κ3) is 4.89. The molecule has 0 saturated carbocycles. The molecule has 0 aromatic heterocycles. The molecule has 0 aromatic rings. The maximum Gasteiger partial charge on any atom is 0.281 e. The van der Waals surface area contributed by atoms with Gasteiger partial charge in [-0.25, -0.2) is 0 Å². The summed E-state index contributed by atoms with van der Waals surface area (Å²) < 4.78 is 1.12. The number of rotatable bonds is 6. The minimum Gasteiger partial charge on any atom is -0.340 e. The number of hydrogen-bond acceptors (Lipinski definition) is 2. The molecule has 0 fully saturated rings. The minimum atomic E-state index is 0.163. The van der Waals surface area contributed by atoms with E-state index in [1.807, 2.05) is 0 Å². The lowest BCUT2D eigenvalue weighted by molar-refractivity contribution is -0.920. The Morgan fingerprint density at radius 2 is 1.60 bits per heavy atom. The molecule has 15 heavy (non-hydrogen) atoms. The van der Waals surface area contributed by atoms with E-state index in [0.717, 1.165) is 36.4 Å². The van der Waals surface area contributed by atoms with Crippen molar-refractivity contribution in [3.63, 3.8) is 0 Å². The van der Waals surface area contributed by atoms with Gasteiger partial charge in [0.1, 0.15) is 0 Å². The fraction of sp³-hybridized carbons (Fsp3) is 0.909. The predicted molar refractivity (Wildman–Crippen MR) is 68.3 cm³/mol. The van der Waals surface area contributed by atoms with Crippen LogP contribution in [0, 0.1) is 0 Å². The molecule has 0 N–H and O–H groups in total. The summed E-state index contributed by atoms with van der Waals surface area (Å²) in [5.41, 5.74) is 0. The Balaban J connectivity index is 3.96. The lowest BCUT2D eigenvalue weighted by Gasteiger charge is -2.35. The zero-order valence-electron chi connectivity index (χ0n) is 10.7. The molecule has 0 unspecified atom stereocenters. The second-order valence-electron chi connectivity index (χ2n) is 4.02. The first-order chi connectivity index (χ1) is 7.01. The van der Waals surface area contributed by atoms with Crippen LogP contribution < -0.4 is 0 Å². The average Bonchev–Trinajstić information content (AvgIpc) is 2.24. The van der Waals surface area contributed by atoms with Gasteiger partial charge < -0.3 is 9.38 Å². The van der Waals surface area contributed by atoms with Crippen molar-refractivity contribution in [2.75, 3.05) is 46.0 Å². The molecule has 0 saturated heterocycles. The minimum absolute atomic E-state index is 0.163. The van der Waals surface area contributed by atoms with E-state index in [4.69, 9.17) is 0 Å². The number of thioether (sulfide) groups is 1. The van der Waals surface area contributed by atoms with Crippen molar-refractivity contribution in [1.29, 1.82) is 0 Å². The van der Waals surface area contributed by atoms with Gasteiger partial charge in [0.15, 0.2) is 0 Å². The van der Waals surface area contributed by atoms with E-state index in [2.05, 4.69) is 20.8 Å². The second kappa shape index (κ2) is 7.12. The number of amides is 1. The lowest BCUT2D eigenvalue weighted by Crippen LogP contribution is -2.49. The first kappa shape index (κ1) is 14.8. The van der Waals surface area contributed by atoms with Crippen LogP contribution in [0.2, 0.25) is 0 Å². The highest BCUT2D eigenvalue weighted by molar-refractivity contribution is 8.13. The van der Waals surface area contributed by atoms with Gasteiger partial charge in [-0.3, -0.25) is 4.79 Å². The van der Waals surface area contributed by atoms with E-state index in [1.165, 1.54) is 11.8 Å². The summed E-state index contributed by atoms with van der Waals surface area (Å²) in [6.07, 6.45) is 0. The highest BCUT2D eigenvalue weighted by Gasteiger charge is 2.20. The molecule has 0 radical (unpaired) electrons. The Morgan fingerprint density at radius 3 is 1.93 bits per heavy atom.